The van der Waals surface area contributed by atoms with E-state index in [0.717, 1.165) is 39.0 Å². The van der Waals surface area contributed by atoms with E-state index >= 15 is 0 Å². The maximum Gasteiger partial charge on any atom is 0.0454 e. The van der Waals surface area contributed by atoms with Crippen molar-refractivity contribution in [2.24, 2.45) is 11.5 Å². The molecule has 7 rings (SSSR count). The van der Waals surface area contributed by atoms with Gasteiger partial charge >= 0.3 is 0 Å². The molecule has 45 heavy (non-hydrogen) atoms. The number of allylic oxidation sites excluding steroid dienone is 2. The third-order valence-electron chi connectivity index (χ3n) is 8.34. The summed E-state index contributed by atoms with van der Waals surface area (Å²) in [5, 5.41) is 7.24. The Labute approximate surface area is 267 Å². The van der Waals surface area contributed by atoms with E-state index in [4.69, 9.17) is 11.5 Å². The molecule has 0 bridgehead atoms. The fourth-order valence-electron chi connectivity index (χ4n) is 6.02. The van der Waals surface area contributed by atoms with Crippen molar-refractivity contribution in [2.45, 2.75) is 13.8 Å². The van der Waals surface area contributed by atoms with E-state index in [1.165, 1.54) is 36.3 Å². The van der Waals surface area contributed by atoms with Gasteiger partial charge in [-0.2, -0.15) is 0 Å². The fourth-order valence-corrected chi connectivity index (χ4v) is 7.10. The molecule has 3 nitrogen and oxygen atoms in total. The van der Waals surface area contributed by atoms with Gasteiger partial charge < -0.3 is 11.5 Å². The van der Waals surface area contributed by atoms with Crippen molar-refractivity contribution in [1.29, 1.82) is 0 Å². The van der Waals surface area contributed by atoms with Gasteiger partial charge in [-0.05, 0) is 93.9 Å². The van der Waals surface area contributed by atoms with Crippen LogP contribution >= 0.6 is 11.3 Å². The summed E-state index contributed by atoms with van der Waals surface area (Å²) in [5.74, 6) is 0. The van der Waals surface area contributed by atoms with Gasteiger partial charge in [-0.1, -0.05) is 103 Å². The molecule has 0 spiro atoms. The van der Waals surface area contributed by atoms with Gasteiger partial charge in [0.25, 0.3) is 0 Å². The Morgan fingerprint density at radius 2 is 1.04 bits per heavy atom. The minimum absolute atomic E-state index is 0.653. The van der Waals surface area contributed by atoms with Crippen molar-refractivity contribution in [1.82, 2.24) is 4.98 Å². The maximum absolute atomic E-state index is 6.70. The molecular weight excluding hydrogens is 567 g/mol. The average molecular weight is 600 g/mol. The Bertz CT molecular complexity index is 2360. The molecule has 0 atom stereocenters. The minimum atomic E-state index is 0.653. The highest BCUT2D eigenvalue weighted by molar-refractivity contribution is 7.24. The van der Waals surface area contributed by atoms with E-state index in [2.05, 4.69) is 114 Å². The topological polar surface area (TPSA) is 64.9 Å². The van der Waals surface area contributed by atoms with Crippen molar-refractivity contribution >= 4 is 64.4 Å². The average Bonchev–Trinajstić information content (AvgIpc) is 3.12. The van der Waals surface area contributed by atoms with E-state index in [-0.39, 0.29) is 0 Å². The number of aryl methyl sites for hydroxylation is 2. The van der Waals surface area contributed by atoms with Crippen LogP contribution in [0.4, 0.5) is 0 Å². The zero-order chi connectivity index (χ0) is 30.9. The molecule has 0 unspecified atom stereocenters. The molecule has 0 aliphatic heterocycles. The Balaban J connectivity index is 1.33. The van der Waals surface area contributed by atoms with E-state index in [1.54, 1.807) is 11.3 Å². The zero-order valence-electron chi connectivity index (χ0n) is 25.3. The van der Waals surface area contributed by atoms with Crippen molar-refractivity contribution in [2.75, 3.05) is 0 Å². The van der Waals surface area contributed by atoms with E-state index in [9.17, 15) is 0 Å². The van der Waals surface area contributed by atoms with Crippen molar-refractivity contribution in [3.63, 3.8) is 0 Å². The fraction of sp³-hybridized carbons (Fsp3) is 0.0488. The lowest BCUT2D eigenvalue weighted by molar-refractivity contribution is 1.13. The van der Waals surface area contributed by atoms with Crippen LogP contribution in [0.1, 0.15) is 22.5 Å². The summed E-state index contributed by atoms with van der Waals surface area (Å²) in [7, 11) is 0. The molecule has 7 aromatic rings. The number of nitrogens with zero attached hydrogens (tertiary/aromatic N) is 1. The molecule has 4 heteroatoms. The molecule has 0 amide bonds. The number of fused-ring (bicyclic) bond motifs is 7. The van der Waals surface area contributed by atoms with Crippen molar-refractivity contribution in [3.05, 3.63) is 162 Å². The van der Waals surface area contributed by atoms with Crippen LogP contribution in [-0.2, 0) is 0 Å². The normalized spacial score (nSPS) is 12.2. The van der Waals surface area contributed by atoms with Gasteiger partial charge in [-0.15, -0.1) is 11.3 Å². The van der Waals surface area contributed by atoms with Gasteiger partial charge in [0.1, 0.15) is 0 Å². The SMILES string of the molecule is Cc1ccc(-c2ccc(/C(N)=C/C=C(\N)c3ccc4sc5ccccc5c5ccccc5c5ccccc5c4c3)cc2)c(C)n1. The van der Waals surface area contributed by atoms with Gasteiger partial charge in [0, 0.05) is 43.1 Å². The third kappa shape index (κ3) is 5.52. The highest BCUT2D eigenvalue weighted by atomic mass is 32.1. The Hall–Kier alpha value is -5.45. The smallest absolute Gasteiger partial charge is 0.0454 e. The summed E-state index contributed by atoms with van der Waals surface area (Å²) in [6.45, 7) is 4.05. The summed E-state index contributed by atoms with van der Waals surface area (Å²) in [6, 6.07) is 44.9. The molecule has 0 aliphatic rings. The predicted octanol–water partition coefficient (Wildman–Crippen LogP) is 10.5. The van der Waals surface area contributed by atoms with Crippen LogP contribution in [0.3, 0.4) is 0 Å². The van der Waals surface area contributed by atoms with Crippen LogP contribution in [-0.4, -0.2) is 4.98 Å². The minimum Gasteiger partial charge on any atom is -0.398 e. The summed E-state index contributed by atoms with van der Waals surface area (Å²) in [4.78, 5) is 4.60. The highest BCUT2D eigenvalue weighted by Gasteiger charge is 2.08. The number of nitrogens with two attached hydrogens (primary N) is 2. The first kappa shape index (κ1) is 28.3. The standard InChI is InChI=1S/C41H33N3S/c1-26-15-21-31(27(2)44-26)28-16-18-29(19-17-28)38(42)22-23-39(43)30-20-24-41-37(25-30)35-12-6-4-10-33(35)32-9-3-5-11-34(32)36-13-7-8-14-40(36)45-41/h3-25H,42-43H2,1-2H3/b38-22-,39-23-. The number of aromatic nitrogens is 1. The molecule has 5 aromatic carbocycles. The van der Waals surface area contributed by atoms with E-state index in [1.807, 2.05) is 44.2 Å². The number of pyridine rings is 1. The van der Waals surface area contributed by atoms with Crippen LogP contribution in [0.15, 0.2) is 140 Å². The molecule has 2 heterocycles. The third-order valence-corrected chi connectivity index (χ3v) is 9.49. The summed E-state index contributed by atoms with van der Waals surface area (Å²) in [6.07, 6.45) is 3.79. The molecule has 0 radical (unpaired) electrons. The molecule has 0 saturated carbocycles. The second-order valence-electron chi connectivity index (χ2n) is 11.3. The number of rotatable bonds is 4. The lowest BCUT2D eigenvalue weighted by atomic mass is 10.00. The molecular formula is C41H33N3S. The maximum atomic E-state index is 6.70. The van der Waals surface area contributed by atoms with Gasteiger partial charge in [0.15, 0.2) is 0 Å². The molecule has 0 fully saturated rings. The molecule has 0 saturated heterocycles. The number of hydrogen-bond donors (Lipinski definition) is 2. The lowest BCUT2D eigenvalue weighted by Gasteiger charge is -2.08. The number of benzene rings is 5. The van der Waals surface area contributed by atoms with Crippen LogP contribution in [0.25, 0.3) is 64.2 Å². The van der Waals surface area contributed by atoms with Crippen LogP contribution in [0.2, 0.25) is 0 Å². The van der Waals surface area contributed by atoms with Crippen LogP contribution in [0, 0.1) is 13.8 Å². The zero-order valence-corrected chi connectivity index (χ0v) is 26.1. The predicted molar refractivity (Wildman–Crippen MR) is 195 cm³/mol. The first-order valence-corrected chi connectivity index (χ1v) is 15.9. The van der Waals surface area contributed by atoms with Crippen molar-refractivity contribution in [3.8, 4) is 11.1 Å². The largest absolute Gasteiger partial charge is 0.398 e. The highest BCUT2D eigenvalue weighted by Crippen LogP contribution is 2.35. The molecule has 4 N–H and O–H groups in total. The van der Waals surface area contributed by atoms with Gasteiger partial charge in [0.2, 0.25) is 0 Å². The quantitative estimate of drug-likeness (QED) is 0.198. The van der Waals surface area contributed by atoms with Gasteiger partial charge in [0.05, 0.1) is 0 Å². The lowest BCUT2D eigenvalue weighted by Crippen LogP contribution is -1.98. The summed E-state index contributed by atoms with van der Waals surface area (Å²) < 4.78 is 2.42. The summed E-state index contributed by atoms with van der Waals surface area (Å²) >= 11 is 1.80. The Morgan fingerprint density at radius 1 is 0.533 bits per heavy atom. The van der Waals surface area contributed by atoms with Crippen molar-refractivity contribution < 1.29 is 0 Å². The second kappa shape index (κ2) is 11.9. The van der Waals surface area contributed by atoms with Crippen LogP contribution in [0.5, 0.6) is 0 Å². The van der Waals surface area contributed by atoms with E-state index in [0.29, 0.717) is 11.4 Å². The first-order valence-electron chi connectivity index (χ1n) is 15.0. The molecule has 0 aliphatic carbocycles. The second-order valence-corrected chi connectivity index (χ2v) is 12.4. The molecule has 218 valence electrons. The monoisotopic (exact) mass is 599 g/mol. The number of hydrogen-bond acceptors (Lipinski definition) is 4. The molecule has 2 aromatic heterocycles. The van der Waals surface area contributed by atoms with E-state index < -0.39 is 0 Å². The first-order chi connectivity index (χ1) is 22.0. The Morgan fingerprint density at radius 3 is 1.69 bits per heavy atom. The van der Waals surface area contributed by atoms with Crippen LogP contribution < -0.4 is 11.5 Å². The summed E-state index contributed by atoms with van der Waals surface area (Å²) in [5.41, 5.74) is 20.7. The Kier molecular flexibility index (Phi) is 7.50. The van der Waals surface area contributed by atoms with Gasteiger partial charge in [-0.25, -0.2) is 0 Å². The van der Waals surface area contributed by atoms with Gasteiger partial charge in [-0.3, -0.25) is 4.98 Å².